The lowest BCUT2D eigenvalue weighted by molar-refractivity contribution is 0.134. The van der Waals surface area contributed by atoms with Gasteiger partial charge in [-0.15, -0.1) is 35.3 Å². The number of likely N-dealkylation sites (tertiary alicyclic amines) is 1. The van der Waals surface area contributed by atoms with E-state index in [4.69, 9.17) is 0 Å². The predicted molar refractivity (Wildman–Crippen MR) is 131 cm³/mol. The van der Waals surface area contributed by atoms with E-state index in [-0.39, 0.29) is 24.0 Å². The number of thiazole rings is 1. The number of benzene rings is 1. The molecule has 0 radical (unpaired) electrons. The lowest BCUT2D eigenvalue weighted by Crippen LogP contribution is -2.51. The Morgan fingerprint density at radius 3 is 2.86 bits per heavy atom. The molecule has 1 aliphatic heterocycles. The number of hydrogen-bond donors (Lipinski definition) is 2. The highest BCUT2D eigenvalue weighted by Crippen LogP contribution is 2.20. The van der Waals surface area contributed by atoms with E-state index in [1.807, 2.05) is 18.6 Å². The number of aliphatic imine (C=N–C) groups is 1. The average Bonchev–Trinajstić information content (AvgIpc) is 3.30. The number of piperidine rings is 1. The summed E-state index contributed by atoms with van der Waals surface area (Å²) >= 11 is 1.65. The van der Waals surface area contributed by atoms with Gasteiger partial charge in [0, 0.05) is 50.0 Å². The van der Waals surface area contributed by atoms with E-state index >= 15 is 0 Å². The van der Waals surface area contributed by atoms with Gasteiger partial charge in [-0.3, -0.25) is 14.3 Å². The fourth-order valence-corrected chi connectivity index (χ4v) is 4.55. The molecule has 2 aromatic heterocycles. The summed E-state index contributed by atoms with van der Waals surface area (Å²) < 4.78 is 2.06. The number of hydrogen-bond acceptors (Lipinski definition) is 4. The molecule has 2 atom stereocenters. The summed E-state index contributed by atoms with van der Waals surface area (Å²) in [5.74, 6) is 0.852. The first-order valence-electron chi connectivity index (χ1n) is 9.87. The molecule has 0 bridgehead atoms. The number of rotatable bonds is 5. The van der Waals surface area contributed by atoms with Gasteiger partial charge in [0.2, 0.25) is 0 Å². The maximum absolute atomic E-state index is 4.62. The van der Waals surface area contributed by atoms with Gasteiger partial charge in [0.15, 0.2) is 10.9 Å². The van der Waals surface area contributed by atoms with E-state index in [0.29, 0.717) is 18.6 Å². The lowest BCUT2D eigenvalue weighted by Gasteiger charge is -2.38. The third-order valence-corrected chi connectivity index (χ3v) is 6.16. The van der Waals surface area contributed by atoms with Crippen LogP contribution in [0.25, 0.3) is 4.96 Å². The van der Waals surface area contributed by atoms with Gasteiger partial charge in [-0.25, -0.2) is 4.98 Å². The van der Waals surface area contributed by atoms with Crippen LogP contribution in [0.4, 0.5) is 0 Å². The number of nitrogens with zero attached hydrogens (tertiary/aromatic N) is 4. The Bertz CT molecular complexity index is 893. The van der Waals surface area contributed by atoms with Gasteiger partial charge in [-0.1, -0.05) is 30.3 Å². The predicted octanol–water partition coefficient (Wildman–Crippen LogP) is 3.73. The minimum Gasteiger partial charge on any atom is -0.354 e. The highest BCUT2D eigenvalue weighted by Gasteiger charge is 2.26. The molecular formula is C21H29IN6S. The maximum atomic E-state index is 4.62. The number of nitrogens with one attached hydrogen (secondary N) is 2. The lowest BCUT2D eigenvalue weighted by atomic mass is 9.97. The summed E-state index contributed by atoms with van der Waals surface area (Å²) in [5.41, 5.74) is 2.42. The van der Waals surface area contributed by atoms with Gasteiger partial charge < -0.3 is 10.6 Å². The van der Waals surface area contributed by atoms with Crippen molar-refractivity contribution in [1.82, 2.24) is 24.9 Å². The van der Waals surface area contributed by atoms with Gasteiger partial charge in [-0.05, 0) is 25.3 Å². The van der Waals surface area contributed by atoms with Crippen molar-refractivity contribution in [3.05, 3.63) is 59.4 Å². The highest BCUT2D eigenvalue weighted by atomic mass is 127. The van der Waals surface area contributed by atoms with E-state index in [2.05, 4.69) is 73.4 Å². The second kappa shape index (κ2) is 10.4. The van der Waals surface area contributed by atoms with Crippen molar-refractivity contribution >= 4 is 46.2 Å². The molecule has 1 fully saturated rings. The second-order valence-electron chi connectivity index (χ2n) is 7.42. The Hall–Kier alpha value is -1.65. The molecule has 0 saturated carbocycles. The SMILES string of the molecule is CN=C(NCc1cn2ccsc2n1)NC1CCN(Cc2ccccc2)C(C)C1.I. The van der Waals surface area contributed by atoms with Crippen LogP contribution in [0.1, 0.15) is 31.0 Å². The summed E-state index contributed by atoms with van der Waals surface area (Å²) in [6, 6.07) is 11.7. The zero-order valence-electron chi connectivity index (χ0n) is 16.9. The van der Waals surface area contributed by atoms with E-state index in [9.17, 15) is 0 Å². The Morgan fingerprint density at radius 2 is 2.14 bits per heavy atom. The zero-order chi connectivity index (χ0) is 19.3. The second-order valence-corrected chi connectivity index (χ2v) is 8.29. The van der Waals surface area contributed by atoms with E-state index in [0.717, 1.165) is 42.5 Å². The van der Waals surface area contributed by atoms with Crippen LogP contribution in [0, 0.1) is 0 Å². The molecule has 1 saturated heterocycles. The smallest absolute Gasteiger partial charge is 0.193 e. The minimum absolute atomic E-state index is 0. The van der Waals surface area contributed by atoms with Crippen LogP contribution in [-0.2, 0) is 13.1 Å². The zero-order valence-corrected chi connectivity index (χ0v) is 20.1. The Balaban J connectivity index is 0.00000240. The summed E-state index contributed by atoms with van der Waals surface area (Å²) in [6.45, 7) is 5.13. The first kappa shape index (κ1) is 22.0. The van der Waals surface area contributed by atoms with Gasteiger partial charge in [0.25, 0.3) is 0 Å². The average molecular weight is 524 g/mol. The molecule has 3 heterocycles. The Kier molecular flexibility index (Phi) is 7.91. The molecular weight excluding hydrogens is 495 g/mol. The number of fused-ring (bicyclic) bond motifs is 1. The van der Waals surface area contributed by atoms with E-state index in [1.165, 1.54) is 5.56 Å². The van der Waals surface area contributed by atoms with Crippen molar-refractivity contribution in [2.24, 2.45) is 4.99 Å². The van der Waals surface area contributed by atoms with E-state index < -0.39 is 0 Å². The van der Waals surface area contributed by atoms with Crippen LogP contribution >= 0.6 is 35.3 Å². The number of imidazole rings is 1. The van der Waals surface area contributed by atoms with Crippen LogP contribution < -0.4 is 10.6 Å². The molecule has 1 aliphatic rings. The normalized spacial score (nSPS) is 20.4. The van der Waals surface area contributed by atoms with Gasteiger partial charge in [0.1, 0.15) is 0 Å². The van der Waals surface area contributed by atoms with Crippen molar-refractivity contribution < 1.29 is 0 Å². The van der Waals surface area contributed by atoms with Crippen molar-refractivity contribution in [1.29, 1.82) is 0 Å². The van der Waals surface area contributed by atoms with Gasteiger partial charge >= 0.3 is 0 Å². The summed E-state index contributed by atoms with van der Waals surface area (Å²) in [7, 11) is 1.83. The molecule has 0 spiro atoms. The first-order valence-corrected chi connectivity index (χ1v) is 10.8. The minimum atomic E-state index is 0. The molecule has 0 amide bonds. The number of halogens is 1. The molecule has 3 aromatic rings. The maximum Gasteiger partial charge on any atom is 0.193 e. The van der Waals surface area contributed by atoms with Crippen molar-refractivity contribution in [3.63, 3.8) is 0 Å². The molecule has 2 N–H and O–H groups in total. The topological polar surface area (TPSA) is 57.0 Å². The third kappa shape index (κ3) is 5.70. The Morgan fingerprint density at radius 1 is 1.31 bits per heavy atom. The van der Waals surface area contributed by atoms with Crippen molar-refractivity contribution in [3.8, 4) is 0 Å². The largest absolute Gasteiger partial charge is 0.354 e. The van der Waals surface area contributed by atoms with Crippen LogP contribution in [0.2, 0.25) is 0 Å². The van der Waals surface area contributed by atoms with E-state index in [1.54, 1.807) is 11.3 Å². The molecule has 1 aromatic carbocycles. The molecule has 0 aliphatic carbocycles. The summed E-state index contributed by atoms with van der Waals surface area (Å²) in [5, 5.41) is 9.05. The van der Waals surface area contributed by atoms with Crippen LogP contribution in [0.3, 0.4) is 0 Å². The first-order chi connectivity index (χ1) is 13.7. The fourth-order valence-electron chi connectivity index (χ4n) is 3.83. The molecule has 156 valence electrons. The molecule has 4 rings (SSSR count). The van der Waals surface area contributed by atoms with Crippen LogP contribution in [0.5, 0.6) is 0 Å². The molecule has 2 unspecified atom stereocenters. The van der Waals surface area contributed by atoms with Crippen LogP contribution in [0.15, 0.2) is 53.1 Å². The number of aromatic nitrogens is 2. The third-order valence-electron chi connectivity index (χ3n) is 5.39. The number of guanidine groups is 1. The molecule has 29 heavy (non-hydrogen) atoms. The molecule has 8 heteroatoms. The quantitative estimate of drug-likeness (QED) is 0.304. The fraction of sp³-hybridized carbons (Fsp3) is 0.429. The summed E-state index contributed by atoms with van der Waals surface area (Å²) in [6.07, 6.45) is 6.34. The van der Waals surface area contributed by atoms with Crippen molar-refractivity contribution in [2.75, 3.05) is 13.6 Å². The van der Waals surface area contributed by atoms with Gasteiger partial charge in [0.05, 0.1) is 12.2 Å². The van der Waals surface area contributed by atoms with Crippen molar-refractivity contribution in [2.45, 2.75) is 44.9 Å². The highest BCUT2D eigenvalue weighted by molar-refractivity contribution is 14.0. The molecule has 6 nitrogen and oxygen atoms in total. The van der Waals surface area contributed by atoms with Gasteiger partial charge in [-0.2, -0.15) is 0 Å². The monoisotopic (exact) mass is 524 g/mol. The Labute approximate surface area is 193 Å². The standard InChI is InChI=1S/C21H28N6S.HI/c1-16-12-18(8-9-26(16)14-17-6-4-3-5-7-17)24-20(22-2)23-13-19-15-27-10-11-28-21(27)25-19;/h3-7,10-11,15-16,18H,8-9,12-14H2,1-2H3,(H2,22,23,24);1H. The van der Waals surface area contributed by atoms with Crippen LogP contribution in [-0.4, -0.2) is 45.9 Å². The summed E-state index contributed by atoms with van der Waals surface area (Å²) in [4.78, 5) is 12.6.